The van der Waals surface area contributed by atoms with E-state index in [1.807, 2.05) is 87.2 Å². The van der Waals surface area contributed by atoms with Crippen LogP contribution in [0.25, 0.3) is 11.3 Å². The van der Waals surface area contributed by atoms with Crippen molar-refractivity contribution in [1.29, 1.82) is 0 Å². The maximum Gasteiger partial charge on any atom is 0.251 e. The highest BCUT2D eigenvalue weighted by Crippen LogP contribution is 2.27. The lowest BCUT2D eigenvalue weighted by Gasteiger charge is -2.21. The quantitative estimate of drug-likeness (QED) is 0.278. The van der Waals surface area contributed by atoms with Crippen LogP contribution in [0.15, 0.2) is 59.1 Å². The molecule has 0 spiro atoms. The van der Waals surface area contributed by atoms with Gasteiger partial charge in [0.1, 0.15) is 0 Å². The minimum Gasteiger partial charge on any atom is -0.342 e. The lowest BCUT2D eigenvalue weighted by atomic mass is 10.0. The minimum absolute atomic E-state index is 0.0884. The van der Waals surface area contributed by atoms with E-state index < -0.39 is 0 Å². The molecular formula is C27H30N6O2S2. The van der Waals surface area contributed by atoms with Crippen molar-refractivity contribution in [2.45, 2.75) is 38.9 Å². The van der Waals surface area contributed by atoms with Crippen LogP contribution < -0.4 is 10.6 Å². The smallest absolute Gasteiger partial charge is 0.251 e. The van der Waals surface area contributed by atoms with E-state index in [2.05, 4.69) is 25.8 Å². The Kier molecular flexibility index (Phi) is 8.40. The molecule has 0 fully saturated rings. The Labute approximate surface area is 224 Å². The van der Waals surface area contributed by atoms with Gasteiger partial charge in [0.25, 0.3) is 5.91 Å². The number of aryl methyl sites for hydroxylation is 2. The van der Waals surface area contributed by atoms with E-state index in [4.69, 9.17) is 0 Å². The number of nitrogens with one attached hydrogen (secondary N) is 2. The summed E-state index contributed by atoms with van der Waals surface area (Å²) in [6.07, 6.45) is 0. The molecule has 0 bridgehead atoms. The predicted octanol–water partition coefficient (Wildman–Crippen LogP) is 5.41. The maximum atomic E-state index is 12.9. The molecule has 2 aromatic heterocycles. The molecule has 0 aliphatic rings. The Bertz CT molecular complexity index is 1390. The first kappa shape index (κ1) is 26.6. The number of benzene rings is 2. The van der Waals surface area contributed by atoms with Crippen LogP contribution >= 0.6 is 23.1 Å². The van der Waals surface area contributed by atoms with Crippen molar-refractivity contribution in [2.75, 3.05) is 11.1 Å². The third kappa shape index (κ3) is 6.64. The van der Waals surface area contributed by atoms with E-state index in [1.165, 1.54) is 28.7 Å². The summed E-state index contributed by atoms with van der Waals surface area (Å²) in [7, 11) is 1.85. The number of hydrogen-bond acceptors (Lipinski definition) is 7. The van der Waals surface area contributed by atoms with E-state index >= 15 is 0 Å². The number of anilines is 1. The number of amides is 2. The van der Waals surface area contributed by atoms with Gasteiger partial charge in [-0.1, -0.05) is 73.1 Å². The monoisotopic (exact) mass is 534 g/mol. The van der Waals surface area contributed by atoms with Crippen LogP contribution in [0.2, 0.25) is 0 Å². The van der Waals surface area contributed by atoms with E-state index in [9.17, 15) is 9.59 Å². The van der Waals surface area contributed by atoms with E-state index in [1.54, 1.807) is 6.07 Å². The van der Waals surface area contributed by atoms with Crippen LogP contribution in [0.3, 0.4) is 0 Å². The Morgan fingerprint density at radius 2 is 1.81 bits per heavy atom. The molecule has 8 nitrogen and oxygen atoms in total. The van der Waals surface area contributed by atoms with Crippen molar-refractivity contribution < 1.29 is 9.59 Å². The van der Waals surface area contributed by atoms with Crippen LogP contribution in [0.1, 0.15) is 47.2 Å². The van der Waals surface area contributed by atoms with Crippen molar-refractivity contribution >= 4 is 40.0 Å². The van der Waals surface area contributed by atoms with Crippen molar-refractivity contribution in [3.8, 4) is 11.3 Å². The van der Waals surface area contributed by atoms with E-state index in [0.29, 0.717) is 21.7 Å². The Morgan fingerprint density at radius 3 is 2.51 bits per heavy atom. The molecule has 37 heavy (non-hydrogen) atoms. The molecule has 0 saturated carbocycles. The van der Waals surface area contributed by atoms with Gasteiger partial charge in [0, 0.05) is 23.6 Å². The highest BCUT2D eigenvalue weighted by Gasteiger charge is 2.25. The van der Waals surface area contributed by atoms with Crippen LogP contribution in [0.5, 0.6) is 0 Å². The molecule has 2 amide bonds. The van der Waals surface area contributed by atoms with Gasteiger partial charge in [0.05, 0.1) is 17.5 Å². The van der Waals surface area contributed by atoms with Crippen LogP contribution in [-0.4, -0.2) is 37.3 Å². The van der Waals surface area contributed by atoms with Gasteiger partial charge in [0.15, 0.2) is 16.1 Å². The Hall–Kier alpha value is -3.50. The second-order valence-corrected chi connectivity index (χ2v) is 11.0. The third-order valence-electron chi connectivity index (χ3n) is 5.81. The summed E-state index contributed by atoms with van der Waals surface area (Å²) < 4.78 is 1.83. The molecule has 0 aliphatic carbocycles. The molecule has 1 atom stereocenters. The number of nitrogens with zero attached hydrogens (tertiary/aromatic N) is 4. The van der Waals surface area contributed by atoms with Crippen molar-refractivity contribution in [3.05, 3.63) is 76.4 Å². The summed E-state index contributed by atoms with van der Waals surface area (Å²) in [5, 5.41) is 17.7. The van der Waals surface area contributed by atoms with Gasteiger partial charge in [-0.15, -0.1) is 21.5 Å². The number of rotatable bonds is 9. The zero-order valence-electron chi connectivity index (χ0n) is 21.5. The third-order valence-corrected chi connectivity index (χ3v) is 7.59. The normalized spacial score (nSPS) is 11.9. The fourth-order valence-electron chi connectivity index (χ4n) is 3.74. The number of carbonyl (C=O) groups excluding carboxylic acids is 2. The fraction of sp³-hybridized carbons (Fsp3) is 0.296. The highest BCUT2D eigenvalue weighted by atomic mass is 32.2. The molecule has 0 radical (unpaired) electrons. The zero-order chi connectivity index (χ0) is 26.5. The van der Waals surface area contributed by atoms with Gasteiger partial charge in [-0.25, -0.2) is 4.98 Å². The lowest BCUT2D eigenvalue weighted by Crippen LogP contribution is -2.33. The van der Waals surface area contributed by atoms with Gasteiger partial charge in [-0.05, 0) is 31.9 Å². The summed E-state index contributed by atoms with van der Waals surface area (Å²) in [6, 6.07) is 15.3. The number of hydrogen-bond donors (Lipinski definition) is 2. The summed E-state index contributed by atoms with van der Waals surface area (Å²) in [5.41, 5.74) is 4.65. The molecule has 2 aromatic carbocycles. The number of carbonyl (C=O) groups is 2. The molecule has 4 aromatic rings. The highest BCUT2D eigenvalue weighted by molar-refractivity contribution is 7.99. The standard InChI is InChI=1S/C27H30N6O2S2/c1-16(2)23(30-25(35)20-8-6-7-18(4)13-20)24-31-32-27(33(24)5)37-15-22(34)29-26-28-21(14-36-26)19-11-9-17(3)10-12-19/h6-14,16,23H,15H2,1-5H3,(H,30,35)(H,28,29,34)/t23-/m1/s1. The van der Waals surface area contributed by atoms with Gasteiger partial charge in [-0.3, -0.25) is 9.59 Å². The molecular weight excluding hydrogens is 504 g/mol. The molecule has 2 N–H and O–H groups in total. The van der Waals surface area contributed by atoms with Crippen molar-refractivity contribution in [2.24, 2.45) is 13.0 Å². The first-order valence-corrected chi connectivity index (χ1v) is 13.8. The van der Waals surface area contributed by atoms with Gasteiger partial charge >= 0.3 is 0 Å². The molecule has 192 valence electrons. The van der Waals surface area contributed by atoms with Crippen LogP contribution in [0.4, 0.5) is 5.13 Å². The topological polar surface area (TPSA) is 102 Å². The molecule has 4 rings (SSSR count). The SMILES string of the molecule is Cc1ccc(-c2csc(NC(=O)CSc3nnc([C@H](NC(=O)c4cccc(C)c4)C(C)C)n3C)n2)cc1. The Morgan fingerprint density at radius 1 is 1.05 bits per heavy atom. The number of thiazole rings is 1. The van der Waals surface area contributed by atoms with Crippen molar-refractivity contribution in [3.63, 3.8) is 0 Å². The van der Waals surface area contributed by atoms with Gasteiger partial charge in [0.2, 0.25) is 5.91 Å². The van der Waals surface area contributed by atoms with Crippen molar-refractivity contribution in [1.82, 2.24) is 25.1 Å². The average molecular weight is 535 g/mol. The number of thioether (sulfide) groups is 1. The zero-order valence-corrected chi connectivity index (χ0v) is 23.1. The molecule has 0 aliphatic heterocycles. The lowest BCUT2D eigenvalue weighted by molar-refractivity contribution is -0.113. The first-order chi connectivity index (χ1) is 17.7. The fourth-order valence-corrected chi connectivity index (χ4v) is 5.19. The second kappa shape index (κ2) is 11.7. The minimum atomic E-state index is -0.329. The number of aromatic nitrogens is 4. The maximum absolute atomic E-state index is 12.9. The van der Waals surface area contributed by atoms with Crippen LogP contribution in [0, 0.1) is 19.8 Å². The first-order valence-electron chi connectivity index (χ1n) is 11.9. The van der Waals surface area contributed by atoms with E-state index in [0.717, 1.165) is 16.8 Å². The summed E-state index contributed by atoms with van der Waals surface area (Å²) in [5.74, 6) is 0.555. The summed E-state index contributed by atoms with van der Waals surface area (Å²) >= 11 is 2.68. The predicted molar refractivity (Wildman–Crippen MR) is 149 cm³/mol. The summed E-state index contributed by atoms with van der Waals surface area (Å²) in [6.45, 7) is 8.04. The largest absolute Gasteiger partial charge is 0.342 e. The second-order valence-electron chi connectivity index (χ2n) is 9.21. The molecule has 2 heterocycles. The summed E-state index contributed by atoms with van der Waals surface area (Å²) in [4.78, 5) is 30.0. The van der Waals surface area contributed by atoms with Crippen LogP contribution in [-0.2, 0) is 11.8 Å². The molecule has 0 saturated heterocycles. The average Bonchev–Trinajstić information content (AvgIpc) is 3.48. The molecule has 0 unspecified atom stereocenters. The molecule has 10 heteroatoms. The van der Waals surface area contributed by atoms with Gasteiger partial charge < -0.3 is 15.2 Å². The van der Waals surface area contributed by atoms with E-state index in [-0.39, 0.29) is 29.5 Å². The Balaban J connectivity index is 1.37. The van der Waals surface area contributed by atoms with Gasteiger partial charge in [-0.2, -0.15) is 0 Å².